The molecule has 1 unspecified atom stereocenters. The Morgan fingerprint density at radius 3 is 2.33 bits per heavy atom. The Morgan fingerprint density at radius 1 is 1.08 bits per heavy atom. The molecule has 0 spiro atoms. The van der Waals surface area contributed by atoms with Crippen molar-refractivity contribution in [2.45, 2.75) is 52.4 Å². The van der Waals surface area contributed by atoms with Gasteiger partial charge in [-0.05, 0) is 12.3 Å². The van der Waals surface area contributed by atoms with Gasteiger partial charge in [-0.1, -0.05) is 51.1 Å². The molecule has 12 heavy (non-hydrogen) atoms. The molecule has 0 aromatic carbocycles. The second-order valence-corrected chi connectivity index (χ2v) is 3.44. The quantitative estimate of drug-likeness (QED) is 0.511. The van der Waals surface area contributed by atoms with E-state index in [1.54, 1.807) is 0 Å². The highest BCUT2D eigenvalue weighted by Gasteiger charge is 2.06. The third-order valence-corrected chi connectivity index (χ3v) is 2.29. The zero-order valence-corrected chi connectivity index (χ0v) is 8.38. The molecule has 0 aliphatic rings. The lowest BCUT2D eigenvalue weighted by atomic mass is 9.94. The van der Waals surface area contributed by atoms with Crippen LogP contribution in [-0.4, -0.2) is 6.54 Å². The lowest BCUT2D eigenvalue weighted by Crippen LogP contribution is -2.01. The van der Waals surface area contributed by atoms with E-state index in [0.717, 1.165) is 12.3 Å². The van der Waals surface area contributed by atoms with Gasteiger partial charge < -0.3 is 0 Å². The number of hydrogen-bond donors (Lipinski definition) is 0. The van der Waals surface area contributed by atoms with E-state index in [-0.39, 0.29) is 0 Å². The zero-order valence-electron chi connectivity index (χ0n) is 8.38. The highest BCUT2D eigenvalue weighted by atomic mass is 16.3. The van der Waals surface area contributed by atoms with Crippen LogP contribution in [0.2, 0.25) is 0 Å². The molecule has 0 radical (unpaired) electrons. The molecule has 2 heteroatoms. The summed E-state index contributed by atoms with van der Waals surface area (Å²) in [7, 11) is 0. The SMILES string of the molecule is CCCCC(CCC)CCN=O. The first kappa shape index (κ1) is 11.6. The van der Waals surface area contributed by atoms with Gasteiger partial charge >= 0.3 is 0 Å². The molecule has 0 rings (SSSR count). The minimum atomic E-state index is 0.508. The van der Waals surface area contributed by atoms with E-state index in [1.165, 1.54) is 32.1 Å². The lowest BCUT2D eigenvalue weighted by Gasteiger charge is -2.12. The summed E-state index contributed by atoms with van der Waals surface area (Å²) in [6, 6.07) is 0. The molecule has 0 bridgehead atoms. The van der Waals surface area contributed by atoms with Crippen molar-refractivity contribution >= 4 is 0 Å². The minimum Gasteiger partial charge on any atom is -0.151 e. The number of unbranched alkanes of at least 4 members (excludes halogenated alkanes) is 1. The van der Waals surface area contributed by atoms with Crippen LogP contribution >= 0.6 is 0 Å². The van der Waals surface area contributed by atoms with E-state index < -0.39 is 0 Å². The average molecular weight is 171 g/mol. The highest BCUT2D eigenvalue weighted by molar-refractivity contribution is 4.60. The molecule has 0 aliphatic carbocycles. The first-order valence-corrected chi connectivity index (χ1v) is 5.14. The molecule has 0 heterocycles. The van der Waals surface area contributed by atoms with Crippen molar-refractivity contribution in [2.24, 2.45) is 11.1 Å². The van der Waals surface area contributed by atoms with Crippen LogP contribution in [0.4, 0.5) is 0 Å². The van der Waals surface area contributed by atoms with Crippen LogP contribution in [0.1, 0.15) is 52.4 Å². The van der Waals surface area contributed by atoms with Crippen LogP contribution < -0.4 is 0 Å². The second kappa shape index (κ2) is 8.69. The number of nitrogens with zero attached hydrogens (tertiary/aromatic N) is 1. The summed E-state index contributed by atoms with van der Waals surface area (Å²) < 4.78 is 0. The average Bonchev–Trinajstić information content (AvgIpc) is 2.10. The van der Waals surface area contributed by atoms with Gasteiger partial charge in [0.1, 0.15) is 0 Å². The van der Waals surface area contributed by atoms with E-state index in [0.29, 0.717) is 6.54 Å². The Bertz CT molecular complexity index is 104. The fourth-order valence-corrected chi connectivity index (χ4v) is 1.57. The van der Waals surface area contributed by atoms with Gasteiger partial charge in [0.05, 0.1) is 6.54 Å². The topological polar surface area (TPSA) is 29.4 Å². The molecule has 0 saturated heterocycles. The summed E-state index contributed by atoms with van der Waals surface area (Å²) in [5.74, 6) is 0.743. The molecule has 0 aromatic heterocycles. The van der Waals surface area contributed by atoms with Crippen molar-refractivity contribution < 1.29 is 0 Å². The maximum absolute atomic E-state index is 9.94. The molecule has 1 atom stereocenters. The monoisotopic (exact) mass is 171 g/mol. The normalized spacial score (nSPS) is 12.8. The van der Waals surface area contributed by atoms with E-state index >= 15 is 0 Å². The molecule has 0 saturated carbocycles. The van der Waals surface area contributed by atoms with E-state index in [1.807, 2.05) is 0 Å². The maximum Gasteiger partial charge on any atom is 0.0813 e. The predicted octanol–water partition coefficient (Wildman–Crippen LogP) is 3.75. The van der Waals surface area contributed by atoms with Crippen LogP contribution in [0, 0.1) is 10.8 Å². The first-order valence-electron chi connectivity index (χ1n) is 5.14. The van der Waals surface area contributed by atoms with E-state index in [2.05, 4.69) is 19.0 Å². The van der Waals surface area contributed by atoms with Gasteiger partial charge in [0.2, 0.25) is 0 Å². The van der Waals surface area contributed by atoms with Gasteiger partial charge in [0, 0.05) is 0 Å². The second-order valence-electron chi connectivity index (χ2n) is 3.44. The molecule has 0 aliphatic heterocycles. The molecule has 0 amide bonds. The molecule has 0 fully saturated rings. The van der Waals surface area contributed by atoms with Gasteiger partial charge in [-0.25, -0.2) is 0 Å². The molecule has 0 N–H and O–H groups in total. The Hall–Kier alpha value is -0.400. The third kappa shape index (κ3) is 6.32. The molecular formula is C10H21NO. The minimum absolute atomic E-state index is 0.508. The fourth-order valence-electron chi connectivity index (χ4n) is 1.57. The summed E-state index contributed by atoms with van der Waals surface area (Å²) in [5, 5.41) is 2.92. The Balaban J connectivity index is 3.46. The van der Waals surface area contributed by atoms with Crippen LogP contribution in [-0.2, 0) is 0 Å². The largest absolute Gasteiger partial charge is 0.151 e. The van der Waals surface area contributed by atoms with E-state index in [4.69, 9.17) is 0 Å². The fraction of sp³-hybridized carbons (Fsp3) is 1.00. The lowest BCUT2D eigenvalue weighted by molar-refractivity contribution is 0.407. The van der Waals surface area contributed by atoms with Crippen LogP contribution in [0.15, 0.2) is 5.18 Å². The van der Waals surface area contributed by atoms with Crippen molar-refractivity contribution in [1.82, 2.24) is 0 Å². The third-order valence-electron chi connectivity index (χ3n) is 2.29. The summed E-state index contributed by atoms with van der Waals surface area (Å²) >= 11 is 0. The van der Waals surface area contributed by atoms with Crippen LogP contribution in [0.3, 0.4) is 0 Å². The first-order chi connectivity index (χ1) is 5.85. The number of rotatable bonds is 8. The van der Waals surface area contributed by atoms with Crippen molar-refractivity contribution in [3.63, 3.8) is 0 Å². The van der Waals surface area contributed by atoms with Gasteiger partial charge in [-0.15, -0.1) is 0 Å². The van der Waals surface area contributed by atoms with Crippen LogP contribution in [0.25, 0.3) is 0 Å². The molecule has 0 aromatic rings. The smallest absolute Gasteiger partial charge is 0.0813 e. The summed E-state index contributed by atoms with van der Waals surface area (Å²) in [6.07, 6.45) is 7.32. The number of hydrogen-bond acceptors (Lipinski definition) is 2. The number of nitroso groups, excluding NO2 is 1. The Kier molecular flexibility index (Phi) is 8.40. The van der Waals surface area contributed by atoms with Crippen molar-refractivity contribution in [3.8, 4) is 0 Å². The van der Waals surface area contributed by atoms with Gasteiger partial charge in [-0.2, -0.15) is 4.91 Å². The maximum atomic E-state index is 9.94. The summed E-state index contributed by atoms with van der Waals surface area (Å²) in [5.41, 5.74) is 0. The van der Waals surface area contributed by atoms with Gasteiger partial charge in [0.15, 0.2) is 0 Å². The zero-order chi connectivity index (χ0) is 9.23. The molecule has 72 valence electrons. The standard InChI is InChI=1S/C10H21NO/c1-3-5-7-10(6-4-2)8-9-11-12/h10H,3-9H2,1-2H3. The summed E-state index contributed by atoms with van der Waals surface area (Å²) in [6.45, 7) is 4.92. The highest BCUT2D eigenvalue weighted by Crippen LogP contribution is 2.18. The molecule has 2 nitrogen and oxygen atoms in total. The Labute approximate surface area is 75.7 Å². The van der Waals surface area contributed by atoms with Crippen molar-refractivity contribution in [2.75, 3.05) is 6.54 Å². The molecular weight excluding hydrogens is 150 g/mol. The van der Waals surface area contributed by atoms with E-state index in [9.17, 15) is 4.91 Å². The van der Waals surface area contributed by atoms with Gasteiger partial charge in [-0.3, -0.25) is 0 Å². The van der Waals surface area contributed by atoms with Crippen LogP contribution in [0.5, 0.6) is 0 Å². The van der Waals surface area contributed by atoms with Crippen molar-refractivity contribution in [3.05, 3.63) is 4.91 Å². The van der Waals surface area contributed by atoms with Crippen molar-refractivity contribution in [1.29, 1.82) is 0 Å². The predicted molar refractivity (Wildman–Crippen MR) is 53.2 cm³/mol. The summed E-state index contributed by atoms with van der Waals surface area (Å²) in [4.78, 5) is 9.94. The Morgan fingerprint density at radius 2 is 1.83 bits per heavy atom. The van der Waals surface area contributed by atoms with Gasteiger partial charge in [0.25, 0.3) is 0 Å².